The number of hydrogen-bond donors (Lipinski definition) is 1. The van der Waals surface area contributed by atoms with Crippen LogP contribution in [0.1, 0.15) is 38.5 Å². The zero-order chi connectivity index (χ0) is 9.97. The van der Waals surface area contributed by atoms with Crippen molar-refractivity contribution in [3.63, 3.8) is 0 Å². The van der Waals surface area contributed by atoms with E-state index in [1.165, 1.54) is 25.7 Å². The van der Waals surface area contributed by atoms with Crippen LogP contribution >= 0.6 is 0 Å². The van der Waals surface area contributed by atoms with Crippen LogP contribution in [0.3, 0.4) is 0 Å². The Labute approximate surface area is 84.3 Å². The van der Waals surface area contributed by atoms with Crippen LogP contribution in [0, 0.1) is 5.92 Å². The summed E-state index contributed by atoms with van der Waals surface area (Å²) in [6.07, 6.45) is 6.74. The maximum absolute atomic E-state index is 10.7. The zero-order valence-corrected chi connectivity index (χ0v) is 8.45. The van der Waals surface area contributed by atoms with Gasteiger partial charge in [-0.05, 0) is 31.6 Å². The van der Waals surface area contributed by atoms with E-state index in [4.69, 9.17) is 10.6 Å². The standard InChI is InChI=1S/C10H18N2O2/c11-10(13)14-12-7-3-5-8-4-1-2-6-9(8)12/h8-9H,1-7H2,(H2,11,13)/t8-,9+/m0/s1. The third-order valence-electron chi connectivity index (χ3n) is 3.40. The molecule has 4 nitrogen and oxygen atoms in total. The van der Waals surface area contributed by atoms with Gasteiger partial charge in [-0.2, -0.15) is 0 Å². The van der Waals surface area contributed by atoms with Gasteiger partial charge < -0.3 is 10.6 Å². The zero-order valence-electron chi connectivity index (χ0n) is 8.45. The molecule has 1 heterocycles. The Morgan fingerprint density at radius 3 is 2.71 bits per heavy atom. The minimum absolute atomic E-state index is 0.435. The van der Waals surface area contributed by atoms with Crippen LogP contribution in [0.15, 0.2) is 0 Å². The van der Waals surface area contributed by atoms with Gasteiger partial charge in [0.1, 0.15) is 0 Å². The summed E-state index contributed by atoms with van der Waals surface area (Å²) in [5, 5.41) is 1.82. The van der Waals surface area contributed by atoms with E-state index in [9.17, 15) is 4.79 Å². The van der Waals surface area contributed by atoms with E-state index in [-0.39, 0.29) is 0 Å². The van der Waals surface area contributed by atoms with Crippen molar-refractivity contribution in [1.29, 1.82) is 0 Å². The van der Waals surface area contributed by atoms with E-state index in [1.54, 1.807) is 0 Å². The maximum Gasteiger partial charge on any atom is 0.423 e. The van der Waals surface area contributed by atoms with E-state index in [0.717, 1.165) is 25.3 Å². The van der Waals surface area contributed by atoms with E-state index >= 15 is 0 Å². The largest absolute Gasteiger partial charge is 0.423 e. The molecule has 1 aliphatic heterocycles. The number of carbonyl (C=O) groups excluding carboxylic acids is 1. The number of nitrogens with two attached hydrogens (primary N) is 1. The first-order valence-electron chi connectivity index (χ1n) is 5.51. The van der Waals surface area contributed by atoms with E-state index in [2.05, 4.69) is 0 Å². The van der Waals surface area contributed by atoms with Crippen molar-refractivity contribution in [3.05, 3.63) is 0 Å². The number of primary amides is 1. The van der Waals surface area contributed by atoms with Gasteiger partial charge in [-0.1, -0.05) is 12.8 Å². The summed E-state index contributed by atoms with van der Waals surface area (Å²) in [4.78, 5) is 15.7. The molecule has 1 aliphatic carbocycles. The Morgan fingerprint density at radius 2 is 1.93 bits per heavy atom. The average molecular weight is 198 g/mol. The van der Waals surface area contributed by atoms with Crippen molar-refractivity contribution in [1.82, 2.24) is 5.06 Å². The molecule has 2 aliphatic rings. The SMILES string of the molecule is NC(=O)ON1CCC[C@@H]2CCCC[C@H]21. The van der Waals surface area contributed by atoms with E-state index in [0.29, 0.717) is 6.04 Å². The molecule has 0 bridgehead atoms. The second-order valence-electron chi connectivity index (χ2n) is 4.31. The molecule has 2 rings (SSSR count). The fourth-order valence-electron chi connectivity index (χ4n) is 2.81. The second-order valence-corrected chi connectivity index (χ2v) is 4.31. The Kier molecular flexibility index (Phi) is 2.91. The van der Waals surface area contributed by atoms with Gasteiger partial charge >= 0.3 is 6.09 Å². The van der Waals surface area contributed by atoms with Crippen molar-refractivity contribution in [2.45, 2.75) is 44.6 Å². The topological polar surface area (TPSA) is 55.6 Å². The third kappa shape index (κ3) is 2.00. The monoisotopic (exact) mass is 198 g/mol. The average Bonchev–Trinajstić information content (AvgIpc) is 2.18. The molecule has 2 N–H and O–H groups in total. The van der Waals surface area contributed by atoms with Crippen LogP contribution in [-0.4, -0.2) is 23.7 Å². The summed E-state index contributed by atoms with van der Waals surface area (Å²) in [6, 6.07) is 0.435. The highest BCUT2D eigenvalue weighted by Crippen LogP contribution is 2.35. The molecule has 0 spiro atoms. The maximum atomic E-state index is 10.7. The molecule has 2 fully saturated rings. The van der Waals surface area contributed by atoms with Crippen molar-refractivity contribution in [3.8, 4) is 0 Å². The van der Waals surface area contributed by atoms with Crippen LogP contribution in [0.4, 0.5) is 4.79 Å². The first-order valence-corrected chi connectivity index (χ1v) is 5.51. The predicted molar refractivity (Wildman–Crippen MR) is 52.4 cm³/mol. The van der Waals surface area contributed by atoms with Crippen LogP contribution in [-0.2, 0) is 4.84 Å². The van der Waals surface area contributed by atoms with Crippen molar-refractivity contribution < 1.29 is 9.63 Å². The molecule has 4 heteroatoms. The molecular weight excluding hydrogens is 180 g/mol. The fraction of sp³-hybridized carbons (Fsp3) is 0.900. The van der Waals surface area contributed by atoms with Gasteiger partial charge in [-0.3, -0.25) is 0 Å². The predicted octanol–water partition coefficient (Wildman–Crippen LogP) is 1.65. The molecule has 0 aromatic heterocycles. The Morgan fingerprint density at radius 1 is 1.21 bits per heavy atom. The summed E-state index contributed by atoms with van der Waals surface area (Å²) < 4.78 is 0. The minimum Gasteiger partial charge on any atom is -0.351 e. The molecule has 2 atom stereocenters. The van der Waals surface area contributed by atoms with Crippen molar-refractivity contribution >= 4 is 6.09 Å². The smallest absolute Gasteiger partial charge is 0.351 e. The van der Waals surface area contributed by atoms with Gasteiger partial charge in [0.25, 0.3) is 0 Å². The molecule has 14 heavy (non-hydrogen) atoms. The lowest BCUT2D eigenvalue weighted by Gasteiger charge is -2.41. The molecule has 0 unspecified atom stereocenters. The van der Waals surface area contributed by atoms with Gasteiger partial charge in [0.2, 0.25) is 0 Å². The number of fused-ring (bicyclic) bond motifs is 1. The quantitative estimate of drug-likeness (QED) is 0.697. The Bertz CT molecular complexity index is 218. The summed E-state index contributed by atoms with van der Waals surface area (Å²) in [7, 11) is 0. The van der Waals surface area contributed by atoms with Crippen molar-refractivity contribution in [2.75, 3.05) is 6.54 Å². The molecule has 1 saturated heterocycles. The summed E-state index contributed by atoms with van der Waals surface area (Å²) in [6.45, 7) is 0.851. The molecule has 0 radical (unpaired) electrons. The van der Waals surface area contributed by atoms with Gasteiger partial charge in [0.05, 0.1) is 0 Å². The summed E-state index contributed by atoms with van der Waals surface area (Å²) >= 11 is 0. The highest BCUT2D eigenvalue weighted by Gasteiger charge is 2.35. The third-order valence-corrected chi connectivity index (χ3v) is 3.40. The van der Waals surface area contributed by atoms with Crippen LogP contribution in [0.5, 0.6) is 0 Å². The number of amides is 1. The normalized spacial score (nSPS) is 33.4. The molecule has 0 aromatic carbocycles. The number of piperidine rings is 1. The fourth-order valence-corrected chi connectivity index (χ4v) is 2.81. The molecule has 1 amide bonds. The van der Waals surface area contributed by atoms with Gasteiger partial charge in [-0.25, -0.2) is 4.79 Å². The molecular formula is C10H18N2O2. The summed E-state index contributed by atoms with van der Waals surface area (Å²) in [5.41, 5.74) is 5.04. The lowest BCUT2D eigenvalue weighted by Crippen LogP contribution is -2.48. The van der Waals surface area contributed by atoms with E-state index < -0.39 is 6.09 Å². The van der Waals surface area contributed by atoms with E-state index in [1.807, 2.05) is 5.06 Å². The Balaban J connectivity index is 1.97. The Hall–Kier alpha value is -0.770. The number of hydroxylamine groups is 2. The highest BCUT2D eigenvalue weighted by molar-refractivity contribution is 5.64. The number of hydrogen-bond acceptors (Lipinski definition) is 3. The number of rotatable bonds is 1. The van der Waals surface area contributed by atoms with Gasteiger partial charge in [0.15, 0.2) is 0 Å². The minimum atomic E-state index is -0.670. The van der Waals surface area contributed by atoms with Gasteiger partial charge in [-0.15, -0.1) is 5.06 Å². The molecule has 80 valence electrons. The van der Waals surface area contributed by atoms with Crippen LogP contribution < -0.4 is 5.73 Å². The number of carbonyl (C=O) groups is 1. The van der Waals surface area contributed by atoms with Gasteiger partial charge in [0, 0.05) is 12.6 Å². The molecule has 1 saturated carbocycles. The first-order chi connectivity index (χ1) is 6.77. The van der Waals surface area contributed by atoms with Crippen LogP contribution in [0.25, 0.3) is 0 Å². The van der Waals surface area contributed by atoms with Crippen LogP contribution in [0.2, 0.25) is 0 Å². The first kappa shape index (κ1) is 9.77. The lowest BCUT2D eigenvalue weighted by molar-refractivity contribution is -0.166. The second kappa shape index (κ2) is 4.17. The molecule has 0 aromatic rings. The van der Waals surface area contributed by atoms with Crippen molar-refractivity contribution in [2.24, 2.45) is 11.7 Å². The lowest BCUT2D eigenvalue weighted by atomic mass is 9.79. The number of nitrogens with zero attached hydrogens (tertiary/aromatic N) is 1. The highest BCUT2D eigenvalue weighted by atomic mass is 16.7. The summed E-state index contributed by atoms with van der Waals surface area (Å²) in [5.74, 6) is 0.719.